The number of hydrogen-bond acceptors (Lipinski definition) is 4. The highest BCUT2D eigenvalue weighted by atomic mass is 32.2. The van der Waals surface area contributed by atoms with E-state index in [1.54, 1.807) is 0 Å². The van der Waals surface area contributed by atoms with E-state index in [1.165, 1.54) is 37.9 Å². The molecule has 0 spiro atoms. The normalized spacial score (nSPS) is 15.1. The topological polar surface area (TPSA) is 34.0 Å². The summed E-state index contributed by atoms with van der Waals surface area (Å²) in [6.45, 7) is 4.41. The van der Waals surface area contributed by atoms with Gasteiger partial charge >= 0.3 is 0 Å². The van der Waals surface area contributed by atoms with E-state index in [4.69, 9.17) is 0 Å². The zero-order valence-corrected chi connectivity index (χ0v) is 16.4. The van der Waals surface area contributed by atoms with Crippen molar-refractivity contribution in [1.82, 2.24) is 19.7 Å². The molecule has 27 heavy (non-hydrogen) atoms. The molecule has 4 nitrogen and oxygen atoms in total. The second-order valence-corrected chi connectivity index (χ2v) is 8.06. The lowest BCUT2D eigenvalue weighted by atomic mass is 10.1. The van der Waals surface area contributed by atoms with Gasteiger partial charge in [-0.2, -0.15) is 0 Å². The number of piperidine rings is 1. The highest BCUT2D eigenvalue weighted by molar-refractivity contribution is 7.99. The Bertz CT molecular complexity index is 826. The fraction of sp³-hybridized carbons (Fsp3) is 0.364. The van der Waals surface area contributed by atoms with Crippen LogP contribution < -0.4 is 0 Å². The highest BCUT2D eigenvalue weighted by Crippen LogP contribution is 2.25. The van der Waals surface area contributed by atoms with Crippen molar-refractivity contribution in [3.8, 4) is 11.4 Å². The molecule has 4 rings (SSSR count). The minimum absolute atomic E-state index is 0.796. The third kappa shape index (κ3) is 4.79. The van der Waals surface area contributed by atoms with Crippen LogP contribution in [0.4, 0.5) is 0 Å². The molecule has 0 unspecified atom stereocenters. The third-order valence-corrected chi connectivity index (χ3v) is 5.97. The number of thioether (sulfide) groups is 1. The van der Waals surface area contributed by atoms with Crippen LogP contribution in [0.25, 0.3) is 11.4 Å². The van der Waals surface area contributed by atoms with Crippen molar-refractivity contribution >= 4 is 11.8 Å². The molecule has 0 aliphatic carbocycles. The predicted molar refractivity (Wildman–Crippen MR) is 112 cm³/mol. The molecule has 1 fully saturated rings. The van der Waals surface area contributed by atoms with E-state index in [0.29, 0.717) is 0 Å². The molecule has 5 heteroatoms. The number of benzene rings is 2. The number of hydrogen-bond donors (Lipinski definition) is 0. The summed E-state index contributed by atoms with van der Waals surface area (Å²) in [4.78, 5) is 2.58. The summed E-state index contributed by atoms with van der Waals surface area (Å²) in [5.41, 5.74) is 2.39. The van der Waals surface area contributed by atoms with Gasteiger partial charge in [0.15, 0.2) is 11.0 Å². The lowest BCUT2D eigenvalue weighted by molar-refractivity contribution is 0.242. The molecule has 1 aliphatic rings. The number of aromatic nitrogens is 3. The average molecular weight is 379 g/mol. The summed E-state index contributed by atoms with van der Waals surface area (Å²) in [7, 11) is 0. The van der Waals surface area contributed by atoms with Gasteiger partial charge < -0.3 is 4.90 Å². The standard InChI is InChI=1S/C22H26N4S/c1-4-10-19(11-5-1)18-26-21(20-12-6-2-7-13-20)23-24-22(26)27-17-16-25-14-8-3-9-15-25/h1-2,4-7,10-13H,3,8-9,14-18H2. The smallest absolute Gasteiger partial charge is 0.191 e. The SMILES string of the molecule is c1ccc(Cn2c(SCCN3CCCCC3)nnc2-c2ccccc2)cc1. The van der Waals surface area contributed by atoms with E-state index in [-0.39, 0.29) is 0 Å². The first-order valence-corrected chi connectivity index (χ1v) is 10.8. The van der Waals surface area contributed by atoms with Crippen LogP contribution in [0.5, 0.6) is 0 Å². The van der Waals surface area contributed by atoms with Gasteiger partial charge in [-0.15, -0.1) is 10.2 Å². The van der Waals surface area contributed by atoms with Crippen LogP contribution in [0.1, 0.15) is 24.8 Å². The van der Waals surface area contributed by atoms with Gasteiger partial charge in [0.05, 0.1) is 6.54 Å². The Morgan fingerprint density at radius 1 is 0.815 bits per heavy atom. The first-order chi connectivity index (χ1) is 13.4. The van der Waals surface area contributed by atoms with Crippen LogP contribution >= 0.6 is 11.8 Å². The first kappa shape index (κ1) is 18.3. The molecule has 0 atom stereocenters. The average Bonchev–Trinajstić information content (AvgIpc) is 3.13. The molecule has 140 valence electrons. The van der Waals surface area contributed by atoms with Gasteiger partial charge in [0.1, 0.15) is 0 Å². The Morgan fingerprint density at radius 2 is 1.52 bits per heavy atom. The van der Waals surface area contributed by atoms with E-state index in [1.807, 2.05) is 17.8 Å². The van der Waals surface area contributed by atoms with E-state index in [0.717, 1.165) is 35.4 Å². The van der Waals surface area contributed by atoms with Gasteiger partial charge in [-0.1, -0.05) is 78.8 Å². The summed E-state index contributed by atoms with van der Waals surface area (Å²) in [5.74, 6) is 2.00. The van der Waals surface area contributed by atoms with Crippen molar-refractivity contribution in [3.05, 3.63) is 66.2 Å². The maximum absolute atomic E-state index is 4.53. The Labute approximate surface area is 165 Å². The zero-order valence-electron chi connectivity index (χ0n) is 15.6. The molecule has 2 aromatic carbocycles. The number of likely N-dealkylation sites (tertiary alicyclic amines) is 1. The maximum Gasteiger partial charge on any atom is 0.191 e. The maximum atomic E-state index is 4.53. The van der Waals surface area contributed by atoms with E-state index >= 15 is 0 Å². The zero-order chi connectivity index (χ0) is 18.3. The second-order valence-electron chi connectivity index (χ2n) is 6.99. The van der Waals surface area contributed by atoms with E-state index < -0.39 is 0 Å². The molecule has 0 amide bonds. The lowest BCUT2D eigenvalue weighted by Gasteiger charge is -2.25. The van der Waals surface area contributed by atoms with Crippen LogP contribution in [-0.4, -0.2) is 45.1 Å². The minimum atomic E-state index is 0.796. The monoisotopic (exact) mass is 378 g/mol. The van der Waals surface area contributed by atoms with Gasteiger partial charge in [-0.05, 0) is 31.5 Å². The Balaban J connectivity index is 1.52. The Morgan fingerprint density at radius 3 is 2.26 bits per heavy atom. The van der Waals surface area contributed by atoms with Crippen molar-refractivity contribution in [2.45, 2.75) is 31.0 Å². The molecule has 1 saturated heterocycles. The molecule has 1 aromatic heterocycles. The van der Waals surface area contributed by atoms with Crippen molar-refractivity contribution in [3.63, 3.8) is 0 Å². The van der Waals surface area contributed by atoms with E-state index in [2.05, 4.69) is 74.3 Å². The quantitative estimate of drug-likeness (QED) is 0.564. The van der Waals surface area contributed by atoms with Crippen molar-refractivity contribution < 1.29 is 0 Å². The molecule has 0 radical (unpaired) electrons. The van der Waals surface area contributed by atoms with Crippen molar-refractivity contribution in [2.24, 2.45) is 0 Å². The summed E-state index contributed by atoms with van der Waals surface area (Å²) in [6.07, 6.45) is 4.06. The van der Waals surface area contributed by atoms with Crippen LogP contribution in [0.15, 0.2) is 65.8 Å². The van der Waals surface area contributed by atoms with Crippen molar-refractivity contribution in [1.29, 1.82) is 0 Å². The molecule has 3 aromatic rings. The van der Waals surface area contributed by atoms with Crippen LogP contribution in [0, 0.1) is 0 Å². The molecule has 1 aliphatic heterocycles. The predicted octanol–water partition coefficient (Wildman–Crippen LogP) is 4.57. The molecule has 2 heterocycles. The van der Waals surface area contributed by atoms with Gasteiger partial charge in [-0.3, -0.25) is 4.57 Å². The Hall–Kier alpha value is -2.11. The molecule has 0 bridgehead atoms. The highest BCUT2D eigenvalue weighted by Gasteiger charge is 2.16. The van der Waals surface area contributed by atoms with E-state index in [9.17, 15) is 0 Å². The largest absolute Gasteiger partial charge is 0.303 e. The summed E-state index contributed by atoms with van der Waals surface area (Å²) in [6, 6.07) is 20.9. The van der Waals surface area contributed by atoms with Gasteiger partial charge in [0.2, 0.25) is 0 Å². The van der Waals surface area contributed by atoms with Gasteiger partial charge in [0.25, 0.3) is 0 Å². The summed E-state index contributed by atoms with van der Waals surface area (Å²) in [5, 5.41) is 10.1. The summed E-state index contributed by atoms with van der Waals surface area (Å²) < 4.78 is 2.26. The molecular weight excluding hydrogens is 352 g/mol. The molecule has 0 N–H and O–H groups in total. The second kappa shape index (κ2) is 9.20. The van der Waals surface area contributed by atoms with Crippen LogP contribution in [0.3, 0.4) is 0 Å². The fourth-order valence-electron chi connectivity index (χ4n) is 3.55. The van der Waals surface area contributed by atoms with Crippen molar-refractivity contribution in [2.75, 3.05) is 25.4 Å². The minimum Gasteiger partial charge on any atom is -0.303 e. The first-order valence-electron chi connectivity index (χ1n) is 9.78. The summed E-state index contributed by atoms with van der Waals surface area (Å²) >= 11 is 1.82. The van der Waals surface area contributed by atoms with Crippen LogP contribution in [0.2, 0.25) is 0 Å². The van der Waals surface area contributed by atoms with Gasteiger partial charge in [0, 0.05) is 17.9 Å². The number of rotatable bonds is 7. The lowest BCUT2D eigenvalue weighted by Crippen LogP contribution is -2.31. The van der Waals surface area contributed by atoms with Crippen LogP contribution in [-0.2, 0) is 6.54 Å². The van der Waals surface area contributed by atoms with Gasteiger partial charge in [-0.25, -0.2) is 0 Å². The molecule has 0 saturated carbocycles. The Kier molecular flexibility index (Phi) is 6.22. The number of nitrogens with zero attached hydrogens (tertiary/aromatic N) is 4. The third-order valence-electron chi connectivity index (χ3n) is 5.02. The fourth-order valence-corrected chi connectivity index (χ4v) is 4.49. The molecular formula is C22H26N4S.